The van der Waals surface area contributed by atoms with Crippen LogP contribution in [0.4, 0.5) is 0 Å². The molecule has 0 radical (unpaired) electrons. The van der Waals surface area contributed by atoms with Crippen molar-refractivity contribution in [2.45, 2.75) is 51.6 Å². The monoisotopic (exact) mass is 263 g/mol. The van der Waals surface area contributed by atoms with Crippen LogP contribution in [0.2, 0.25) is 0 Å². The van der Waals surface area contributed by atoms with E-state index in [0.717, 1.165) is 45.1 Å². The maximum atomic E-state index is 11.9. The average molecular weight is 263 g/mol. The van der Waals surface area contributed by atoms with Gasteiger partial charge in [-0.2, -0.15) is 0 Å². The highest BCUT2D eigenvalue weighted by Crippen LogP contribution is 2.15. The minimum absolute atomic E-state index is 0.0923. The maximum Gasteiger partial charge on any atom is 0.213 e. The van der Waals surface area contributed by atoms with E-state index < -0.39 is 10.0 Å². The van der Waals surface area contributed by atoms with Crippen LogP contribution in [-0.4, -0.2) is 44.8 Å². The average Bonchev–Trinajstić information content (AvgIpc) is 2.30. The SMILES string of the molecule is CCCCCS(=O)(=O)N(C)C[C@@H]1CCCCO1. The van der Waals surface area contributed by atoms with Gasteiger partial charge in [-0.3, -0.25) is 0 Å². The molecule has 1 fully saturated rings. The molecule has 102 valence electrons. The summed E-state index contributed by atoms with van der Waals surface area (Å²) in [5.74, 6) is 0.268. The van der Waals surface area contributed by atoms with Crippen molar-refractivity contribution in [1.29, 1.82) is 0 Å². The molecule has 0 N–H and O–H groups in total. The number of nitrogens with zero attached hydrogens (tertiary/aromatic N) is 1. The first-order valence-electron chi connectivity index (χ1n) is 6.62. The van der Waals surface area contributed by atoms with Gasteiger partial charge in [0.2, 0.25) is 10.0 Å². The Morgan fingerprint density at radius 1 is 1.29 bits per heavy atom. The molecule has 0 saturated carbocycles. The van der Waals surface area contributed by atoms with Crippen molar-refractivity contribution >= 4 is 10.0 Å². The third-order valence-electron chi connectivity index (χ3n) is 3.22. The quantitative estimate of drug-likeness (QED) is 0.660. The van der Waals surface area contributed by atoms with Crippen LogP contribution >= 0.6 is 0 Å². The number of hydrogen-bond donors (Lipinski definition) is 0. The second-order valence-electron chi connectivity index (χ2n) is 4.79. The van der Waals surface area contributed by atoms with Crippen molar-refractivity contribution in [2.75, 3.05) is 26.0 Å². The van der Waals surface area contributed by atoms with Crippen LogP contribution < -0.4 is 0 Å². The molecule has 0 unspecified atom stereocenters. The molecule has 0 spiro atoms. The standard InChI is InChI=1S/C12H25NO3S/c1-3-4-7-10-17(14,15)13(2)11-12-8-5-6-9-16-12/h12H,3-11H2,1-2H3/t12-/m0/s1. The highest BCUT2D eigenvalue weighted by atomic mass is 32.2. The Balaban J connectivity index is 2.36. The summed E-state index contributed by atoms with van der Waals surface area (Å²) in [5, 5.41) is 0. The van der Waals surface area contributed by atoms with Crippen LogP contribution in [0.25, 0.3) is 0 Å². The van der Waals surface area contributed by atoms with Gasteiger partial charge < -0.3 is 4.74 Å². The second kappa shape index (κ2) is 7.34. The summed E-state index contributed by atoms with van der Waals surface area (Å²) in [5.41, 5.74) is 0. The summed E-state index contributed by atoms with van der Waals surface area (Å²) in [7, 11) is -1.41. The number of unbranched alkanes of at least 4 members (excludes halogenated alkanes) is 2. The molecule has 1 aliphatic rings. The van der Waals surface area contributed by atoms with E-state index in [2.05, 4.69) is 6.92 Å². The maximum absolute atomic E-state index is 11.9. The molecular formula is C12H25NO3S. The Morgan fingerprint density at radius 2 is 2.06 bits per heavy atom. The fourth-order valence-electron chi connectivity index (χ4n) is 2.04. The molecule has 4 nitrogen and oxygen atoms in total. The summed E-state index contributed by atoms with van der Waals surface area (Å²) < 4.78 is 30.9. The summed E-state index contributed by atoms with van der Waals surface area (Å²) in [6.07, 6.45) is 6.11. The number of hydrogen-bond acceptors (Lipinski definition) is 3. The predicted molar refractivity (Wildman–Crippen MR) is 69.5 cm³/mol. The Labute approximate surface area is 105 Å². The first kappa shape index (κ1) is 14.9. The normalized spacial score (nSPS) is 21.9. The number of sulfonamides is 1. The molecule has 0 aliphatic carbocycles. The van der Waals surface area contributed by atoms with Gasteiger partial charge in [-0.05, 0) is 25.7 Å². The third kappa shape index (κ3) is 5.36. The van der Waals surface area contributed by atoms with Crippen LogP contribution in [0.5, 0.6) is 0 Å². The largest absolute Gasteiger partial charge is 0.377 e. The van der Waals surface area contributed by atoms with Crippen LogP contribution in [0, 0.1) is 0 Å². The summed E-state index contributed by atoms with van der Waals surface area (Å²) in [6, 6.07) is 0. The van der Waals surface area contributed by atoms with Gasteiger partial charge in [-0.15, -0.1) is 0 Å². The lowest BCUT2D eigenvalue weighted by Crippen LogP contribution is -2.38. The first-order valence-corrected chi connectivity index (χ1v) is 8.23. The number of ether oxygens (including phenoxy) is 1. The third-order valence-corrected chi connectivity index (χ3v) is 5.12. The molecule has 1 aliphatic heterocycles. The van der Waals surface area contributed by atoms with Crippen molar-refractivity contribution < 1.29 is 13.2 Å². The lowest BCUT2D eigenvalue weighted by atomic mass is 10.1. The topological polar surface area (TPSA) is 46.6 Å². The van der Waals surface area contributed by atoms with Crippen molar-refractivity contribution in [3.63, 3.8) is 0 Å². The van der Waals surface area contributed by atoms with Crippen LogP contribution in [0.1, 0.15) is 45.4 Å². The molecule has 0 amide bonds. The van der Waals surface area contributed by atoms with E-state index in [4.69, 9.17) is 4.74 Å². The lowest BCUT2D eigenvalue weighted by Gasteiger charge is -2.27. The smallest absolute Gasteiger partial charge is 0.213 e. The van der Waals surface area contributed by atoms with Gasteiger partial charge in [0, 0.05) is 20.2 Å². The Bertz CT molecular complexity index is 297. The molecule has 1 heterocycles. The van der Waals surface area contributed by atoms with E-state index in [1.54, 1.807) is 7.05 Å². The van der Waals surface area contributed by atoms with Gasteiger partial charge in [0.25, 0.3) is 0 Å². The zero-order valence-electron chi connectivity index (χ0n) is 11.0. The van der Waals surface area contributed by atoms with E-state index in [9.17, 15) is 8.42 Å². The van der Waals surface area contributed by atoms with Crippen molar-refractivity contribution in [3.8, 4) is 0 Å². The zero-order valence-corrected chi connectivity index (χ0v) is 11.8. The Hall–Kier alpha value is -0.130. The van der Waals surface area contributed by atoms with E-state index in [0.29, 0.717) is 6.54 Å². The van der Waals surface area contributed by atoms with Gasteiger partial charge in [0.1, 0.15) is 0 Å². The molecule has 0 aromatic heterocycles. The first-order chi connectivity index (χ1) is 8.06. The molecular weight excluding hydrogens is 238 g/mol. The minimum atomic E-state index is -3.08. The fourth-order valence-corrected chi connectivity index (χ4v) is 3.32. The summed E-state index contributed by atoms with van der Waals surface area (Å²) in [6.45, 7) is 3.36. The van der Waals surface area contributed by atoms with Crippen molar-refractivity contribution in [1.82, 2.24) is 4.31 Å². The zero-order chi connectivity index (χ0) is 12.7. The van der Waals surface area contributed by atoms with Crippen LogP contribution in [0.3, 0.4) is 0 Å². The van der Waals surface area contributed by atoms with E-state index in [1.807, 2.05) is 0 Å². The van der Waals surface area contributed by atoms with Gasteiger partial charge in [-0.1, -0.05) is 19.8 Å². The summed E-state index contributed by atoms with van der Waals surface area (Å²) >= 11 is 0. The van der Waals surface area contributed by atoms with Crippen molar-refractivity contribution in [2.24, 2.45) is 0 Å². The predicted octanol–water partition coefficient (Wildman–Crippen LogP) is 2.01. The van der Waals surface area contributed by atoms with Gasteiger partial charge in [0.05, 0.1) is 11.9 Å². The van der Waals surface area contributed by atoms with Crippen molar-refractivity contribution in [3.05, 3.63) is 0 Å². The van der Waals surface area contributed by atoms with E-state index >= 15 is 0 Å². The molecule has 1 atom stereocenters. The molecule has 0 aromatic carbocycles. The van der Waals surface area contributed by atoms with Gasteiger partial charge in [0.15, 0.2) is 0 Å². The molecule has 1 saturated heterocycles. The summed E-state index contributed by atoms with van der Waals surface area (Å²) in [4.78, 5) is 0. The van der Waals surface area contributed by atoms with Crippen LogP contribution in [0.15, 0.2) is 0 Å². The van der Waals surface area contributed by atoms with E-state index in [1.165, 1.54) is 4.31 Å². The second-order valence-corrected chi connectivity index (χ2v) is 6.99. The highest BCUT2D eigenvalue weighted by Gasteiger charge is 2.22. The number of likely N-dealkylation sites (N-methyl/N-ethyl adjacent to an activating group) is 1. The van der Waals surface area contributed by atoms with Gasteiger partial charge in [-0.25, -0.2) is 12.7 Å². The Morgan fingerprint density at radius 3 is 2.65 bits per heavy atom. The molecule has 5 heteroatoms. The molecule has 0 bridgehead atoms. The highest BCUT2D eigenvalue weighted by molar-refractivity contribution is 7.89. The Kier molecular flexibility index (Phi) is 6.44. The van der Waals surface area contributed by atoms with E-state index in [-0.39, 0.29) is 11.9 Å². The van der Waals surface area contributed by atoms with Gasteiger partial charge >= 0.3 is 0 Å². The fraction of sp³-hybridized carbons (Fsp3) is 1.00. The molecule has 0 aromatic rings. The lowest BCUT2D eigenvalue weighted by molar-refractivity contribution is 0.00859. The number of rotatable bonds is 7. The molecule has 1 rings (SSSR count). The van der Waals surface area contributed by atoms with Crippen LogP contribution in [-0.2, 0) is 14.8 Å². The minimum Gasteiger partial charge on any atom is -0.377 e. The molecule has 17 heavy (non-hydrogen) atoms.